The lowest BCUT2D eigenvalue weighted by Gasteiger charge is -2.36. The Morgan fingerprint density at radius 3 is 2.59 bits per heavy atom. The van der Waals surface area contributed by atoms with Crippen molar-refractivity contribution in [2.75, 3.05) is 5.01 Å². The van der Waals surface area contributed by atoms with Gasteiger partial charge in [0.2, 0.25) is 5.13 Å². The molecule has 2 atom stereocenters. The second-order valence-electron chi connectivity index (χ2n) is 6.96. The van der Waals surface area contributed by atoms with Crippen LogP contribution < -0.4 is 5.01 Å². The largest absolute Gasteiger partial charge is 0.439 e. The van der Waals surface area contributed by atoms with Crippen molar-refractivity contribution in [1.29, 1.82) is 0 Å². The maximum Gasteiger partial charge on any atom is 0.439 e. The van der Waals surface area contributed by atoms with Crippen LogP contribution in [0.2, 0.25) is 5.02 Å². The van der Waals surface area contributed by atoms with Crippen molar-refractivity contribution in [3.8, 4) is 11.3 Å². The van der Waals surface area contributed by atoms with E-state index in [1.165, 1.54) is 0 Å². The van der Waals surface area contributed by atoms with E-state index in [4.69, 9.17) is 11.6 Å². The first-order valence-electron chi connectivity index (χ1n) is 8.76. The van der Waals surface area contributed by atoms with Crippen molar-refractivity contribution >= 4 is 33.8 Å². The average molecular weight is 436 g/mol. The first-order chi connectivity index (χ1) is 13.8. The summed E-state index contributed by atoms with van der Waals surface area (Å²) >= 11 is 6.89. The molecule has 148 valence electrons. The zero-order valence-electron chi connectivity index (χ0n) is 14.7. The molecular formula is C20H13ClF3N3OS. The molecule has 3 aromatic rings. The number of aromatic nitrogens is 1. The Kier molecular flexibility index (Phi) is 4.03. The van der Waals surface area contributed by atoms with Gasteiger partial charge in [0.25, 0.3) is 5.72 Å². The van der Waals surface area contributed by atoms with Crippen molar-refractivity contribution in [2.45, 2.75) is 18.3 Å². The van der Waals surface area contributed by atoms with E-state index < -0.39 is 17.8 Å². The van der Waals surface area contributed by atoms with Gasteiger partial charge in [-0.2, -0.15) is 23.3 Å². The van der Waals surface area contributed by atoms with Crippen LogP contribution in [0.4, 0.5) is 18.3 Å². The second-order valence-corrected chi connectivity index (χ2v) is 8.23. The van der Waals surface area contributed by atoms with Gasteiger partial charge >= 0.3 is 6.18 Å². The predicted octanol–water partition coefficient (Wildman–Crippen LogP) is 5.11. The zero-order chi connectivity index (χ0) is 20.4. The fourth-order valence-electron chi connectivity index (χ4n) is 3.86. The second kappa shape index (κ2) is 6.29. The van der Waals surface area contributed by atoms with Gasteiger partial charge in [-0.3, -0.25) is 0 Å². The summed E-state index contributed by atoms with van der Waals surface area (Å²) in [6, 6.07) is 13.8. The molecule has 0 radical (unpaired) electrons. The zero-order valence-corrected chi connectivity index (χ0v) is 16.3. The SMILES string of the molecule is OC1(C(F)(F)F)C2Cc3ccccc3C2=NN1c1nc(-c2ccc(Cl)cc2)cs1. The topological polar surface area (TPSA) is 48.7 Å². The van der Waals surface area contributed by atoms with Gasteiger partial charge in [-0.1, -0.05) is 48.0 Å². The lowest BCUT2D eigenvalue weighted by molar-refractivity contribution is -0.267. The van der Waals surface area contributed by atoms with Gasteiger partial charge in [0.1, 0.15) is 0 Å². The highest BCUT2D eigenvalue weighted by Crippen LogP contribution is 2.51. The van der Waals surface area contributed by atoms with Crippen molar-refractivity contribution in [3.63, 3.8) is 0 Å². The van der Waals surface area contributed by atoms with E-state index in [0.29, 0.717) is 26.9 Å². The lowest BCUT2D eigenvalue weighted by atomic mass is 9.91. The summed E-state index contributed by atoms with van der Waals surface area (Å²) in [5.74, 6) is -1.21. The number of thiazole rings is 1. The van der Waals surface area contributed by atoms with Gasteiger partial charge in [0.05, 0.1) is 17.3 Å². The number of rotatable bonds is 2. The number of fused-ring (bicyclic) bond motifs is 3. The molecule has 4 nitrogen and oxygen atoms in total. The van der Waals surface area contributed by atoms with Crippen LogP contribution in [0.15, 0.2) is 59.0 Å². The van der Waals surface area contributed by atoms with Gasteiger partial charge < -0.3 is 5.11 Å². The minimum atomic E-state index is -4.92. The van der Waals surface area contributed by atoms with Crippen LogP contribution in [-0.2, 0) is 6.42 Å². The van der Waals surface area contributed by atoms with Crippen LogP contribution in [0.1, 0.15) is 11.1 Å². The molecule has 1 aromatic heterocycles. The number of anilines is 1. The molecule has 0 saturated heterocycles. The quantitative estimate of drug-likeness (QED) is 0.608. The Morgan fingerprint density at radius 2 is 1.86 bits per heavy atom. The Morgan fingerprint density at radius 1 is 1.14 bits per heavy atom. The highest BCUT2D eigenvalue weighted by Gasteiger charge is 2.69. The Labute approximate surface area is 172 Å². The first kappa shape index (κ1) is 18.6. The number of halogens is 4. The van der Waals surface area contributed by atoms with Crippen LogP contribution in [0.3, 0.4) is 0 Å². The maximum absolute atomic E-state index is 14.1. The number of nitrogens with zero attached hydrogens (tertiary/aromatic N) is 3. The van der Waals surface area contributed by atoms with E-state index in [2.05, 4.69) is 10.1 Å². The Balaban J connectivity index is 1.60. The summed E-state index contributed by atoms with van der Waals surface area (Å²) in [5, 5.41) is 17.9. The molecule has 0 spiro atoms. The molecule has 29 heavy (non-hydrogen) atoms. The Bertz CT molecular complexity index is 1130. The number of alkyl halides is 3. The van der Waals surface area contributed by atoms with Crippen LogP contribution in [0, 0.1) is 5.92 Å². The molecule has 2 aromatic carbocycles. The van der Waals surface area contributed by atoms with Crippen LogP contribution in [0.25, 0.3) is 11.3 Å². The van der Waals surface area contributed by atoms with Gasteiger partial charge in [-0.15, -0.1) is 11.3 Å². The minimum Gasteiger partial charge on any atom is -0.362 e. The van der Waals surface area contributed by atoms with Crippen molar-refractivity contribution < 1.29 is 18.3 Å². The van der Waals surface area contributed by atoms with E-state index in [-0.39, 0.29) is 17.3 Å². The smallest absolute Gasteiger partial charge is 0.362 e. The highest BCUT2D eigenvalue weighted by atomic mass is 35.5. The molecule has 0 amide bonds. The van der Waals surface area contributed by atoms with Gasteiger partial charge in [0.15, 0.2) is 0 Å². The third-order valence-electron chi connectivity index (χ3n) is 5.29. The molecule has 9 heteroatoms. The average Bonchev–Trinajstić information content (AvgIpc) is 3.36. The van der Waals surface area contributed by atoms with Gasteiger partial charge in [-0.05, 0) is 24.1 Å². The van der Waals surface area contributed by atoms with E-state index >= 15 is 0 Å². The molecule has 0 saturated carbocycles. The van der Waals surface area contributed by atoms with E-state index in [0.717, 1.165) is 16.9 Å². The molecule has 2 aliphatic rings. The van der Waals surface area contributed by atoms with E-state index in [1.54, 1.807) is 53.9 Å². The van der Waals surface area contributed by atoms with E-state index in [1.807, 2.05) is 0 Å². The summed E-state index contributed by atoms with van der Waals surface area (Å²) in [7, 11) is 0. The highest BCUT2D eigenvalue weighted by molar-refractivity contribution is 7.14. The molecule has 1 aliphatic heterocycles. The van der Waals surface area contributed by atoms with Crippen LogP contribution >= 0.6 is 22.9 Å². The molecule has 1 aliphatic carbocycles. The maximum atomic E-state index is 14.1. The number of benzene rings is 2. The third-order valence-corrected chi connectivity index (χ3v) is 6.36. The summed E-state index contributed by atoms with van der Waals surface area (Å²) in [5.41, 5.74) is -0.328. The molecular weight excluding hydrogens is 423 g/mol. The minimum absolute atomic E-state index is 0.0193. The number of hydrogen-bond acceptors (Lipinski definition) is 5. The van der Waals surface area contributed by atoms with Gasteiger partial charge in [-0.25, -0.2) is 4.98 Å². The fraction of sp³-hybridized carbons (Fsp3) is 0.200. The van der Waals surface area contributed by atoms with Crippen LogP contribution in [-0.4, -0.2) is 27.7 Å². The summed E-state index contributed by atoms with van der Waals surface area (Å²) in [4.78, 5) is 4.32. The molecule has 1 N–H and O–H groups in total. The van der Waals surface area contributed by atoms with E-state index in [9.17, 15) is 18.3 Å². The normalized spacial score (nSPS) is 23.1. The van der Waals surface area contributed by atoms with Crippen molar-refractivity contribution in [1.82, 2.24) is 4.98 Å². The van der Waals surface area contributed by atoms with Crippen molar-refractivity contribution in [3.05, 3.63) is 70.1 Å². The molecule has 5 rings (SSSR count). The molecule has 0 bridgehead atoms. The van der Waals surface area contributed by atoms with Crippen LogP contribution in [0.5, 0.6) is 0 Å². The standard InChI is InChI=1S/C20H13ClF3N3OS/c21-13-7-5-11(6-8-13)16-10-29-18(25-16)27-19(28,20(22,23)24)15-9-12-3-1-2-4-14(12)17(15)26-27/h1-8,10,15,28H,9H2. The monoisotopic (exact) mass is 435 g/mol. The fourth-order valence-corrected chi connectivity index (χ4v) is 4.82. The summed E-state index contributed by atoms with van der Waals surface area (Å²) in [6.07, 6.45) is -4.85. The Hall–Kier alpha value is -2.42. The predicted molar refractivity (Wildman–Crippen MR) is 106 cm³/mol. The van der Waals surface area contributed by atoms with Crippen molar-refractivity contribution in [2.24, 2.45) is 11.0 Å². The third kappa shape index (κ3) is 2.70. The molecule has 2 heterocycles. The molecule has 0 fully saturated rings. The number of hydrazone groups is 1. The summed E-state index contributed by atoms with van der Waals surface area (Å²) < 4.78 is 42.3. The number of aliphatic hydroxyl groups is 1. The first-order valence-corrected chi connectivity index (χ1v) is 10.0. The number of hydrogen-bond donors (Lipinski definition) is 1. The lowest BCUT2D eigenvalue weighted by Crippen LogP contribution is -2.60. The molecule has 2 unspecified atom stereocenters. The van der Waals surface area contributed by atoms with Gasteiger partial charge in [0, 0.05) is 21.5 Å². The summed E-state index contributed by atoms with van der Waals surface area (Å²) in [6.45, 7) is 0.